The highest BCUT2D eigenvalue weighted by atomic mass is 16.1. The first-order chi connectivity index (χ1) is 14.1. The van der Waals surface area contributed by atoms with Crippen LogP contribution in [0, 0.1) is 0 Å². The zero-order valence-electron chi connectivity index (χ0n) is 16.1. The van der Waals surface area contributed by atoms with Crippen LogP contribution in [0.5, 0.6) is 0 Å². The number of fused-ring (bicyclic) bond motifs is 2. The van der Waals surface area contributed by atoms with E-state index in [-0.39, 0.29) is 17.6 Å². The van der Waals surface area contributed by atoms with E-state index < -0.39 is 0 Å². The fraction of sp³-hybridized carbons (Fsp3) is 0.167. The van der Waals surface area contributed by atoms with Crippen LogP contribution in [0.25, 0.3) is 6.08 Å². The van der Waals surface area contributed by atoms with E-state index in [4.69, 9.17) is 5.73 Å². The molecule has 2 aliphatic rings. The number of hydrogen-bond donors (Lipinski definition) is 1. The summed E-state index contributed by atoms with van der Waals surface area (Å²) in [5.74, 6) is 0.502. The minimum atomic E-state index is 0.0590. The lowest BCUT2D eigenvalue weighted by Crippen LogP contribution is -2.17. The molecule has 5 heteroatoms. The number of aromatic nitrogens is 2. The molecule has 1 aromatic heterocycles. The summed E-state index contributed by atoms with van der Waals surface area (Å²) < 4.78 is 0. The fourth-order valence-electron chi connectivity index (χ4n) is 4.12. The molecular formula is C24H20N4O. The van der Waals surface area contributed by atoms with Crippen molar-refractivity contribution < 1.29 is 4.79 Å². The number of carbonyl (C=O) groups is 1. The molecular weight excluding hydrogens is 360 g/mol. The maximum Gasteiger partial charge on any atom is 0.219 e. The predicted molar refractivity (Wildman–Crippen MR) is 114 cm³/mol. The van der Waals surface area contributed by atoms with E-state index in [1.807, 2.05) is 18.2 Å². The van der Waals surface area contributed by atoms with Crippen molar-refractivity contribution in [1.82, 2.24) is 9.97 Å². The molecule has 1 aliphatic heterocycles. The van der Waals surface area contributed by atoms with Crippen molar-refractivity contribution in [3.63, 3.8) is 0 Å². The molecule has 0 radical (unpaired) electrons. The number of carbonyl (C=O) groups excluding carboxylic acids is 1. The van der Waals surface area contributed by atoms with Gasteiger partial charge < -0.3 is 5.73 Å². The number of nitrogens with two attached hydrogens (primary N) is 1. The summed E-state index contributed by atoms with van der Waals surface area (Å²) in [6, 6.07) is 14.4. The van der Waals surface area contributed by atoms with Crippen LogP contribution < -0.4 is 5.73 Å². The predicted octanol–water partition coefficient (Wildman–Crippen LogP) is 3.72. The first-order valence-electron chi connectivity index (χ1n) is 9.68. The molecule has 2 aromatic carbocycles. The lowest BCUT2D eigenvalue weighted by Gasteiger charge is -2.22. The number of rotatable bonds is 3. The van der Waals surface area contributed by atoms with Crippen molar-refractivity contribution in [1.29, 1.82) is 0 Å². The molecule has 5 nitrogen and oxygen atoms in total. The molecule has 0 saturated heterocycles. The largest absolute Gasteiger partial charge is 0.368 e. The highest BCUT2D eigenvalue weighted by molar-refractivity contribution is 6.15. The highest BCUT2D eigenvalue weighted by Crippen LogP contribution is 2.35. The summed E-state index contributed by atoms with van der Waals surface area (Å²) >= 11 is 0. The van der Waals surface area contributed by atoms with Gasteiger partial charge in [0, 0.05) is 41.4 Å². The zero-order chi connectivity index (χ0) is 20.0. The molecule has 5 rings (SSSR count). The first-order valence-corrected chi connectivity index (χ1v) is 9.68. The number of benzene rings is 2. The number of nitrogen functional groups attached to an aromatic ring is 1. The maximum atomic E-state index is 12.9. The first kappa shape index (κ1) is 17.5. The number of aliphatic imine (C=N–C) groups is 1. The van der Waals surface area contributed by atoms with Crippen molar-refractivity contribution in [3.8, 4) is 0 Å². The summed E-state index contributed by atoms with van der Waals surface area (Å²) in [6.45, 7) is 2.70. The summed E-state index contributed by atoms with van der Waals surface area (Å²) in [7, 11) is 0. The zero-order valence-corrected chi connectivity index (χ0v) is 16.1. The molecule has 0 spiro atoms. The van der Waals surface area contributed by atoms with Gasteiger partial charge >= 0.3 is 0 Å². The minimum Gasteiger partial charge on any atom is -0.368 e. The van der Waals surface area contributed by atoms with Gasteiger partial charge in [-0.15, -0.1) is 0 Å². The second kappa shape index (κ2) is 6.78. The Morgan fingerprint density at radius 3 is 2.55 bits per heavy atom. The van der Waals surface area contributed by atoms with Crippen LogP contribution in [-0.4, -0.2) is 21.5 Å². The van der Waals surface area contributed by atoms with E-state index in [1.54, 1.807) is 12.4 Å². The number of ketones is 1. The molecule has 3 aromatic rings. The van der Waals surface area contributed by atoms with Crippen molar-refractivity contribution in [3.05, 3.63) is 93.8 Å². The van der Waals surface area contributed by atoms with Gasteiger partial charge in [0.25, 0.3) is 0 Å². The Bertz CT molecular complexity index is 1180. The highest BCUT2D eigenvalue weighted by Gasteiger charge is 2.27. The van der Waals surface area contributed by atoms with Gasteiger partial charge in [0.15, 0.2) is 5.78 Å². The molecule has 1 aliphatic carbocycles. The normalized spacial score (nSPS) is 16.0. The van der Waals surface area contributed by atoms with Crippen molar-refractivity contribution >= 4 is 23.5 Å². The van der Waals surface area contributed by atoms with E-state index in [1.165, 1.54) is 0 Å². The lowest BCUT2D eigenvalue weighted by atomic mass is 9.81. The van der Waals surface area contributed by atoms with Gasteiger partial charge in [-0.25, -0.2) is 9.97 Å². The van der Waals surface area contributed by atoms with Crippen molar-refractivity contribution in [2.24, 2.45) is 4.99 Å². The Labute approximate surface area is 169 Å². The second-order valence-electron chi connectivity index (χ2n) is 7.53. The molecule has 0 bridgehead atoms. The third-order valence-electron chi connectivity index (χ3n) is 5.72. The number of nitrogens with zero attached hydrogens (tertiary/aromatic N) is 3. The van der Waals surface area contributed by atoms with Gasteiger partial charge in [0.1, 0.15) is 0 Å². The molecule has 29 heavy (non-hydrogen) atoms. The van der Waals surface area contributed by atoms with Crippen LogP contribution in [0.4, 0.5) is 5.95 Å². The molecule has 1 unspecified atom stereocenters. The summed E-state index contributed by atoms with van der Waals surface area (Å²) in [4.78, 5) is 25.7. The van der Waals surface area contributed by atoms with Gasteiger partial charge in [-0.3, -0.25) is 9.79 Å². The maximum absolute atomic E-state index is 12.9. The monoisotopic (exact) mass is 380 g/mol. The van der Waals surface area contributed by atoms with Crippen LogP contribution in [0.3, 0.4) is 0 Å². The second-order valence-corrected chi connectivity index (χ2v) is 7.53. The number of Topliss-reactive ketones (excluding diaryl/α,β-unsaturated/α-hetero) is 1. The Morgan fingerprint density at radius 2 is 1.79 bits per heavy atom. The Kier molecular flexibility index (Phi) is 4.09. The molecule has 0 saturated carbocycles. The van der Waals surface area contributed by atoms with Crippen molar-refractivity contribution in [2.75, 3.05) is 5.73 Å². The third-order valence-corrected chi connectivity index (χ3v) is 5.72. The molecule has 142 valence electrons. The summed E-state index contributed by atoms with van der Waals surface area (Å²) in [5.41, 5.74) is 13.7. The summed E-state index contributed by atoms with van der Waals surface area (Å²) in [5, 5.41) is 0. The van der Waals surface area contributed by atoms with Gasteiger partial charge in [-0.05, 0) is 34.4 Å². The lowest BCUT2D eigenvalue weighted by molar-refractivity contribution is -0.115. The van der Waals surface area contributed by atoms with Crippen LogP contribution >= 0.6 is 0 Å². The van der Waals surface area contributed by atoms with Gasteiger partial charge in [0.05, 0.1) is 12.3 Å². The molecule has 2 N–H and O–H groups in total. The molecule has 1 atom stereocenters. The van der Waals surface area contributed by atoms with Gasteiger partial charge in [-0.1, -0.05) is 43.3 Å². The average molecular weight is 380 g/mol. The van der Waals surface area contributed by atoms with Crippen LogP contribution in [0.1, 0.15) is 46.2 Å². The van der Waals surface area contributed by atoms with Crippen LogP contribution in [0.2, 0.25) is 0 Å². The Morgan fingerprint density at radius 1 is 1.03 bits per heavy atom. The van der Waals surface area contributed by atoms with E-state index in [0.29, 0.717) is 13.0 Å². The van der Waals surface area contributed by atoms with Crippen molar-refractivity contribution in [2.45, 2.75) is 25.8 Å². The quantitative estimate of drug-likeness (QED) is 0.751. The smallest absolute Gasteiger partial charge is 0.219 e. The minimum absolute atomic E-state index is 0.0590. The number of hydrogen-bond acceptors (Lipinski definition) is 5. The van der Waals surface area contributed by atoms with Crippen LogP contribution in [0.15, 0.2) is 65.4 Å². The number of allylic oxidation sites excluding steroid dienone is 1. The van der Waals surface area contributed by atoms with Crippen LogP contribution in [-0.2, 0) is 17.8 Å². The molecule has 0 amide bonds. The van der Waals surface area contributed by atoms with E-state index >= 15 is 0 Å². The van der Waals surface area contributed by atoms with Gasteiger partial charge in [0.2, 0.25) is 5.95 Å². The van der Waals surface area contributed by atoms with E-state index in [0.717, 1.165) is 44.7 Å². The van der Waals surface area contributed by atoms with E-state index in [9.17, 15) is 4.79 Å². The SMILES string of the molecule is CC(C1=Cc2cc3c(cc2CC1=O)CN=C3c1cnc(N)nc1)c1ccccc1. The number of anilines is 1. The Hall–Kier alpha value is -3.60. The average Bonchev–Trinajstić information content (AvgIpc) is 3.15. The standard InChI is InChI=1S/C24H20N4O/c1-14(15-5-3-2-4-6-15)20-8-17-9-21-18(7-16(17)10-22(20)29)11-26-23(21)19-12-27-24(25)28-13-19/h2-9,12-14H,10-11H2,1H3,(H2,25,27,28). The summed E-state index contributed by atoms with van der Waals surface area (Å²) in [6.07, 6.45) is 5.90. The molecule has 0 fully saturated rings. The third kappa shape index (κ3) is 3.05. The Balaban J connectivity index is 1.55. The topological polar surface area (TPSA) is 81.2 Å². The van der Waals surface area contributed by atoms with Gasteiger partial charge in [-0.2, -0.15) is 0 Å². The fourth-order valence-corrected chi connectivity index (χ4v) is 4.12. The molecule has 2 heterocycles. The van der Waals surface area contributed by atoms with E-state index in [2.05, 4.69) is 52.2 Å².